The Balaban J connectivity index is 2.36. The van der Waals surface area contributed by atoms with E-state index in [2.05, 4.69) is 6.92 Å². The third-order valence-electron chi connectivity index (χ3n) is 3.94. The maximum Gasteiger partial charge on any atom is 0.314 e. The summed E-state index contributed by atoms with van der Waals surface area (Å²) in [5.41, 5.74) is -1.45. The summed E-state index contributed by atoms with van der Waals surface area (Å²) < 4.78 is 50.4. The summed E-state index contributed by atoms with van der Waals surface area (Å²) in [7, 11) is -2.33. The number of aliphatic hydroxyl groups excluding tert-OH is 1. The molecule has 1 N–H and O–H groups in total. The van der Waals surface area contributed by atoms with Crippen molar-refractivity contribution >= 4 is 10.1 Å². The highest BCUT2D eigenvalue weighted by atomic mass is 32.2. The fraction of sp³-hybridized carbons (Fsp3) is 0.923. The second kappa shape index (κ2) is 5.59. The van der Waals surface area contributed by atoms with E-state index in [-0.39, 0.29) is 0 Å². The first-order valence-electron chi connectivity index (χ1n) is 6.91. The predicted molar refractivity (Wildman–Crippen MR) is 75.2 cm³/mol. The summed E-state index contributed by atoms with van der Waals surface area (Å²) in [6.07, 6.45) is -3.47. The van der Waals surface area contributed by atoms with E-state index in [9.17, 15) is 13.5 Å². The van der Waals surface area contributed by atoms with Crippen LogP contribution in [0.5, 0.6) is 0 Å². The maximum absolute atomic E-state index is 11.4. The molecule has 0 aromatic heterocycles. The van der Waals surface area contributed by atoms with E-state index in [1.807, 2.05) is 0 Å². The lowest BCUT2D eigenvalue weighted by Crippen LogP contribution is -2.60. The molecular formula is C13H23O8S+. The van der Waals surface area contributed by atoms with Crippen LogP contribution in [0.15, 0.2) is 0 Å². The fourth-order valence-corrected chi connectivity index (χ4v) is 3.84. The molecule has 22 heavy (non-hydrogen) atoms. The first kappa shape index (κ1) is 17.9. The van der Waals surface area contributed by atoms with Gasteiger partial charge in [0, 0.05) is 14.0 Å². The number of rotatable bonds is 5. The first-order chi connectivity index (χ1) is 9.93. The normalized spacial score (nSPS) is 44.7. The van der Waals surface area contributed by atoms with Crippen LogP contribution in [0.3, 0.4) is 0 Å². The van der Waals surface area contributed by atoms with Gasteiger partial charge in [-0.25, -0.2) is 0 Å². The summed E-state index contributed by atoms with van der Waals surface area (Å²) in [4.78, 5) is 0. The van der Waals surface area contributed by atoms with Crippen LogP contribution in [0.25, 0.3) is 0 Å². The highest BCUT2D eigenvalue weighted by Crippen LogP contribution is 2.47. The summed E-state index contributed by atoms with van der Waals surface area (Å²) in [5, 5.41) is 10.3. The van der Waals surface area contributed by atoms with Crippen molar-refractivity contribution < 1.29 is 36.7 Å². The van der Waals surface area contributed by atoms with Crippen LogP contribution in [0.2, 0.25) is 0 Å². The average molecular weight is 339 g/mol. The quantitative estimate of drug-likeness (QED) is 0.543. The Labute approximate surface area is 130 Å². The monoisotopic (exact) mass is 339 g/mol. The van der Waals surface area contributed by atoms with Crippen LogP contribution >= 0.6 is 0 Å². The lowest BCUT2D eigenvalue weighted by Gasteiger charge is -2.41. The Hall–Kier alpha value is -0.420. The zero-order chi connectivity index (χ0) is 16.9. The van der Waals surface area contributed by atoms with Crippen molar-refractivity contribution in [3.8, 4) is 0 Å². The molecule has 2 fully saturated rings. The van der Waals surface area contributed by atoms with Gasteiger partial charge < -0.3 is 19.3 Å². The van der Waals surface area contributed by atoms with E-state index >= 15 is 0 Å². The van der Waals surface area contributed by atoms with E-state index in [0.29, 0.717) is 0 Å². The van der Waals surface area contributed by atoms with Gasteiger partial charge >= 0.3 is 5.79 Å². The van der Waals surface area contributed by atoms with Crippen molar-refractivity contribution in [2.45, 2.75) is 62.9 Å². The summed E-state index contributed by atoms with van der Waals surface area (Å²) in [6.45, 7) is 8.34. The zero-order valence-electron chi connectivity index (χ0n) is 13.3. The van der Waals surface area contributed by atoms with Crippen molar-refractivity contribution in [3.05, 3.63) is 6.92 Å². The predicted octanol–water partition coefficient (Wildman–Crippen LogP) is -0.192. The molecule has 0 spiro atoms. The highest BCUT2D eigenvalue weighted by Gasteiger charge is 2.68. The second-order valence-electron chi connectivity index (χ2n) is 5.95. The van der Waals surface area contributed by atoms with Crippen molar-refractivity contribution in [1.29, 1.82) is 0 Å². The van der Waals surface area contributed by atoms with Crippen LogP contribution in [-0.4, -0.2) is 69.0 Å². The molecule has 9 heteroatoms. The summed E-state index contributed by atoms with van der Waals surface area (Å²) >= 11 is 0. The molecule has 0 bridgehead atoms. The third-order valence-corrected chi connectivity index (χ3v) is 4.58. The van der Waals surface area contributed by atoms with Crippen LogP contribution in [0.1, 0.15) is 20.8 Å². The van der Waals surface area contributed by atoms with Gasteiger partial charge in [-0.3, -0.25) is 8.92 Å². The lowest BCUT2D eigenvalue weighted by atomic mass is 9.85. The zero-order valence-corrected chi connectivity index (χ0v) is 14.1. The van der Waals surface area contributed by atoms with Gasteiger partial charge in [0.15, 0.2) is 11.9 Å². The van der Waals surface area contributed by atoms with Crippen LogP contribution in [0.4, 0.5) is 0 Å². The minimum Gasteiger partial charge on any atom is -0.390 e. The molecule has 0 amide bonds. The molecule has 7 atom stereocenters. The summed E-state index contributed by atoms with van der Waals surface area (Å²) in [6, 6.07) is 0. The molecule has 0 aliphatic carbocycles. The third kappa shape index (κ3) is 2.99. The molecule has 2 aliphatic heterocycles. The number of fused-ring (bicyclic) bond motifs is 1. The van der Waals surface area contributed by atoms with E-state index in [1.54, 1.807) is 6.92 Å². The van der Waals surface area contributed by atoms with Gasteiger partial charge in [-0.2, -0.15) is 8.42 Å². The van der Waals surface area contributed by atoms with Crippen molar-refractivity contribution in [1.82, 2.24) is 0 Å². The molecule has 1 unspecified atom stereocenters. The smallest absolute Gasteiger partial charge is 0.314 e. The minimum absolute atomic E-state index is 0.660. The van der Waals surface area contributed by atoms with Crippen molar-refractivity contribution in [2.24, 2.45) is 0 Å². The molecule has 0 radical (unpaired) electrons. The summed E-state index contributed by atoms with van der Waals surface area (Å²) in [5.74, 6) is -1.10. The number of methoxy groups -OCH3 is 1. The van der Waals surface area contributed by atoms with E-state index in [1.165, 1.54) is 21.0 Å². The molecule has 2 heterocycles. The molecule has 0 aromatic rings. The molecule has 2 rings (SSSR count). The minimum atomic E-state index is -3.75. The number of aliphatic hydroxyl groups is 1. The standard InChI is InChI=1S/C13H23O8S/c1-7(14)13(8(2)21-22(6,15)16)10(17-5)9-11(20-13)19-12(3,4)18-9/h7-11,14H,3H2,1-2,4-6H3/q+1/t7-,8-,9+,10-,11-,12?,13-/m0/s1. The second-order valence-corrected chi connectivity index (χ2v) is 7.55. The van der Waals surface area contributed by atoms with E-state index < -0.39 is 52.2 Å². The Morgan fingerprint density at radius 2 is 1.86 bits per heavy atom. The van der Waals surface area contributed by atoms with Gasteiger partial charge in [0.2, 0.25) is 0 Å². The Morgan fingerprint density at radius 1 is 1.27 bits per heavy atom. The Morgan fingerprint density at radius 3 is 2.32 bits per heavy atom. The van der Waals surface area contributed by atoms with E-state index in [0.717, 1.165) is 6.26 Å². The van der Waals surface area contributed by atoms with Gasteiger partial charge in [-0.15, -0.1) is 0 Å². The molecule has 8 nitrogen and oxygen atoms in total. The van der Waals surface area contributed by atoms with Gasteiger partial charge in [-0.1, -0.05) is 0 Å². The van der Waals surface area contributed by atoms with Crippen molar-refractivity contribution in [2.75, 3.05) is 13.4 Å². The Bertz CT molecular complexity index is 516. The number of hydrogen-bond donors (Lipinski definition) is 1. The molecule has 2 aliphatic rings. The molecular weight excluding hydrogens is 316 g/mol. The largest absolute Gasteiger partial charge is 0.390 e. The number of hydrogen-bond acceptors (Lipinski definition) is 8. The van der Waals surface area contributed by atoms with Crippen molar-refractivity contribution in [3.63, 3.8) is 0 Å². The molecule has 0 saturated carbocycles. The first-order valence-corrected chi connectivity index (χ1v) is 8.72. The molecule has 0 aromatic carbocycles. The molecule has 2 saturated heterocycles. The lowest BCUT2D eigenvalue weighted by molar-refractivity contribution is -0.269. The average Bonchev–Trinajstić information content (AvgIpc) is 2.75. The molecule has 128 valence electrons. The van der Waals surface area contributed by atoms with Gasteiger partial charge in [0.1, 0.15) is 25.2 Å². The van der Waals surface area contributed by atoms with Crippen LogP contribution < -0.4 is 0 Å². The van der Waals surface area contributed by atoms with Gasteiger partial charge in [0.25, 0.3) is 10.1 Å². The number of ether oxygens (including phenoxy) is 4. The van der Waals surface area contributed by atoms with Crippen LogP contribution in [-0.2, 0) is 33.2 Å². The fourth-order valence-electron chi connectivity index (χ4n) is 3.16. The van der Waals surface area contributed by atoms with Gasteiger partial charge in [-0.05, 0) is 13.8 Å². The SMILES string of the molecule is [CH2+]C1(C)O[C@H]2O[C@@]([C@H](C)O)([C@H](C)OS(C)(=O)=O)[C@@H](OC)[C@H]2O1. The highest BCUT2D eigenvalue weighted by molar-refractivity contribution is 7.86. The topological polar surface area (TPSA) is 101 Å². The van der Waals surface area contributed by atoms with E-state index in [4.69, 9.17) is 23.1 Å². The van der Waals surface area contributed by atoms with Crippen LogP contribution in [0, 0.1) is 6.92 Å². The maximum atomic E-state index is 11.4. The van der Waals surface area contributed by atoms with Gasteiger partial charge in [0.05, 0.1) is 12.4 Å². The Kier molecular flexibility index (Phi) is 4.55.